The van der Waals surface area contributed by atoms with E-state index >= 15 is 0 Å². The Morgan fingerprint density at radius 2 is 2.29 bits per heavy atom. The van der Waals surface area contributed by atoms with E-state index in [0.717, 1.165) is 6.42 Å². The Hall–Kier alpha value is -0.940. The highest BCUT2D eigenvalue weighted by molar-refractivity contribution is 9.10. The van der Waals surface area contributed by atoms with Gasteiger partial charge in [0.25, 0.3) is 0 Å². The predicted octanol–water partition coefficient (Wildman–Crippen LogP) is 2.90. The normalized spacial score (nSPS) is 12.2. The summed E-state index contributed by atoms with van der Waals surface area (Å²) in [5.74, 6) is -0.509. The molecule has 0 saturated heterocycles. The zero-order valence-electron chi connectivity index (χ0n) is 9.67. The van der Waals surface area contributed by atoms with Crippen LogP contribution >= 0.6 is 15.9 Å². The topological polar surface area (TPSA) is 55.1 Å². The highest BCUT2D eigenvalue weighted by atomic mass is 79.9. The highest BCUT2D eigenvalue weighted by Crippen LogP contribution is 2.20. The van der Waals surface area contributed by atoms with Crippen LogP contribution in [0.1, 0.15) is 19.8 Å². The predicted molar refractivity (Wildman–Crippen MR) is 70.2 cm³/mol. The molecule has 1 unspecified atom stereocenters. The third kappa shape index (κ3) is 4.44. The first-order valence-electron chi connectivity index (χ1n) is 5.51. The van der Waals surface area contributed by atoms with Gasteiger partial charge in [-0.25, -0.2) is 4.39 Å². The van der Waals surface area contributed by atoms with Crippen molar-refractivity contribution in [2.75, 3.05) is 11.9 Å². The highest BCUT2D eigenvalue weighted by Gasteiger charge is 2.12. The molecule has 1 aromatic rings. The van der Waals surface area contributed by atoms with E-state index in [4.69, 9.17) is 5.73 Å². The number of hydrogen-bond donors (Lipinski definition) is 2. The summed E-state index contributed by atoms with van der Waals surface area (Å²) in [6.45, 7) is 2.44. The molecule has 0 radical (unpaired) electrons. The molecule has 0 saturated carbocycles. The smallest absolute Gasteiger partial charge is 0.224 e. The second-order valence-electron chi connectivity index (χ2n) is 3.89. The van der Waals surface area contributed by atoms with E-state index in [1.807, 2.05) is 6.92 Å². The average molecular weight is 303 g/mol. The third-order valence-electron chi connectivity index (χ3n) is 2.59. The van der Waals surface area contributed by atoms with Gasteiger partial charge in [0.05, 0.1) is 5.69 Å². The Bertz CT molecular complexity index is 394. The summed E-state index contributed by atoms with van der Waals surface area (Å²) in [7, 11) is 0. The van der Waals surface area contributed by atoms with Gasteiger partial charge in [-0.3, -0.25) is 4.79 Å². The van der Waals surface area contributed by atoms with Gasteiger partial charge in [-0.1, -0.05) is 29.3 Å². The zero-order valence-corrected chi connectivity index (χ0v) is 11.3. The van der Waals surface area contributed by atoms with Crippen LogP contribution in [-0.2, 0) is 4.79 Å². The maximum absolute atomic E-state index is 13.4. The molecule has 1 rings (SSSR count). The Morgan fingerprint density at radius 1 is 1.59 bits per heavy atom. The number of rotatable bonds is 5. The number of nitrogens with two attached hydrogens (primary N) is 1. The quantitative estimate of drug-likeness (QED) is 0.879. The molecule has 5 heteroatoms. The lowest BCUT2D eigenvalue weighted by Crippen LogP contribution is -2.22. The summed E-state index contributed by atoms with van der Waals surface area (Å²) < 4.78 is 14.1. The number of nitrogens with one attached hydrogen (secondary N) is 1. The standard InChI is InChI=1S/C12H16BrFN2O/c1-2-8(7-15)5-12(17)16-11-4-3-9(13)6-10(11)14/h3-4,6,8H,2,5,7,15H2,1H3,(H,16,17). The molecule has 0 aliphatic heterocycles. The summed E-state index contributed by atoms with van der Waals surface area (Å²) in [4.78, 5) is 11.6. The van der Waals surface area contributed by atoms with Gasteiger partial charge >= 0.3 is 0 Å². The molecule has 1 atom stereocenters. The van der Waals surface area contributed by atoms with Crippen LogP contribution in [0.3, 0.4) is 0 Å². The first-order chi connectivity index (χ1) is 8.06. The van der Waals surface area contributed by atoms with Crippen molar-refractivity contribution in [3.8, 4) is 0 Å². The van der Waals surface area contributed by atoms with E-state index in [0.29, 0.717) is 17.4 Å². The molecule has 0 bridgehead atoms. The van der Waals surface area contributed by atoms with Crippen molar-refractivity contribution in [2.24, 2.45) is 11.7 Å². The fourth-order valence-corrected chi connectivity index (χ4v) is 1.78. The zero-order chi connectivity index (χ0) is 12.8. The fourth-order valence-electron chi connectivity index (χ4n) is 1.45. The van der Waals surface area contributed by atoms with Gasteiger partial charge in [0.15, 0.2) is 0 Å². The van der Waals surface area contributed by atoms with Crippen LogP contribution in [0.15, 0.2) is 22.7 Å². The van der Waals surface area contributed by atoms with Gasteiger partial charge in [-0.05, 0) is 30.7 Å². The lowest BCUT2D eigenvalue weighted by atomic mass is 10.0. The van der Waals surface area contributed by atoms with Crippen LogP contribution in [0, 0.1) is 11.7 Å². The molecular weight excluding hydrogens is 287 g/mol. The average Bonchev–Trinajstić information content (AvgIpc) is 2.29. The molecule has 0 fully saturated rings. The van der Waals surface area contributed by atoms with Crippen molar-refractivity contribution in [3.63, 3.8) is 0 Å². The van der Waals surface area contributed by atoms with E-state index in [2.05, 4.69) is 21.2 Å². The fraction of sp³-hybridized carbons (Fsp3) is 0.417. The number of anilines is 1. The molecule has 1 aromatic carbocycles. The molecule has 0 heterocycles. The third-order valence-corrected chi connectivity index (χ3v) is 3.08. The number of carbonyl (C=O) groups is 1. The van der Waals surface area contributed by atoms with Gasteiger partial charge in [0.1, 0.15) is 5.82 Å². The van der Waals surface area contributed by atoms with Crippen LogP contribution in [0.4, 0.5) is 10.1 Å². The monoisotopic (exact) mass is 302 g/mol. The van der Waals surface area contributed by atoms with E-state index in [9.17, 15) is 9.18 Å². The van der Waals surface area contributed by atoms with Gasteiger partial charge in [0, 0.05) is 10.9 Å². The van der Waals surface area contributed by atoms with Gasteiger partial charge in [-0.2, -0.15) is 0 Å². The van der Waals surface area contributed by atoms with Crippen LogP contribution in [0.25, 0.3) is 0 Å². The largest absolute Gasteiger partial charge is 0.330 e. The Morgan fingerprint density at radius 3 is 2.82 bits per heavy atom. The number of carbonyl (C=O) groups excluding carboxylic acids is 1. The molecule has 3 N–H and O–H groups in total. The second kappa shape index (κ2) is 6.71. The van der Waals surface area contributed by atoms with Crippen molar-refractivity contribution in [2.45, 2.75) is 19.8 Å². The van der Waals surface area contributed by atoms with E-state index < -0.39 is 5.82 Å². The van der Waals surface area contributed by atoms with E-state index in [1.165, 1.54) is 12.1 Å². The first kappa shape index (κ1) is 14.1. The summed E-state index contributed by atoms with van der Waals surface area (Å²) in [6.07, 6.45) is 1.16. The van der Waals surface area contributed by atoms with Crippen molar-refractivity contribution in [1.82, 2.24) is 0 Å². The van der Waals surface area contributed by atoms with Gasteiger partial charge in [-0.15, -0.1) is 0 Å². The summed E-state index contributed by atoms with van der Waals surface area (Å²) in [5.41, 5.74) is 5.71. The Balaban J connectivity index is 2.62. The van der Waals surface area contributed by atoms with Gasteiger partial charge < -0.3 is 11.1 Å². The van der Waals surface area contributed by atoms with Crippen LogP contribution < -0.4 is 11.1 Å². The Labute approximate surface area is 109 Å². The minimum atomic E-state index is -0.450. The van der Waals surface area contributed by atoms with Crippen molar-refractivity contribution in [1.29, 1.82) is 0 Å². The van der Waals surface area contributed by atoms with E-state index in [1.54, 1.807) is 6.07 Å². The number of hydrogen-bond acceptors (Lipinski definition) is 2. The Kier molecular flexibility index (Phi) is 5.58. The molecule has 17 heavy (non-hydrogen) atoms. The minimum Gasteiger partial charge on any atom is -0.330 e. The molecule has 3 nitrogen and oxygen atoms in total. The van der Waals surface area contributed by atoms with Crippen molar-refractivity contribution >= 4 is 27.5 Å². The number of amides is 1. The molecule has 0 aliphatic carbocycles. The number of halogens is 2. The van der Waals surface area contributed by atoms with Crippen LogP contribution in [0.5, 0.6) is 0 Å². The molecule has 0 aromatic heterocycles. The maximum atomic E-state index is 13.4. The molecule has 94 valence electrons. The lowest BCUT2D eigenvalue weighted by molar-refractivity contribution is -0.117. The number of benzene rings is 1. The molecular formula is C12H16BrFN2O. The van der Waals surface area contributed by atoms with Crippen molar-refractivity contribution < 1.29 is 9.18 Å². The maximum Gasteiger partial charge on any atom is 0.224 e. The molecule has 0 aliphatic rings. The van der Waals surface area contributed by atoms with Crippen molar-refractivity contribution in [3.05, 3.63) is 28.5 Å². The SMILES string of the molecule is CCC(CN)CC(=O)Nc1ccc(Br)cc1F. The van der Waals surface area contributed by atoms with Crippen LogP contribution in [-0.4, -0.2) is 12.5 Å². The molecule has 0 spiro atoms. The minimum absolute atomic E-state index is 0.147. The van der Waals surface area contributed by atoms with E-state index in [-0.39, 0.29) is 17.5 Å². The summed E-state index contributed by atoms with van der Waals surface area (Å²) in [6, 6.07) is 4.52. The molecule has 1 amide bonds. The van der Waals surface area contributed by atoms with Crippen LogP contribution in [0.2, 0.25) is 0 Å². The summed E-state index contributed by atoms with van der Waals surface area (Å²) >= 11 is 3.16. The second-order valence-corrected chi connectivity index (χ2v) is 4.80. The first-order valence-corrected chi connectivity index (χ1v) is 6.31. The lowest BCUT2D eigenvalue weighted by Gasteiger charge is -2.12. The summed E-state index contributed by atoms with van der Waals surface area (Å²) in [5, 5.41) is 2.55. The van der Waals surface area contributed by atoms with Gasteiger partial charge in [0.2, 0.25) is 5.91 Å².